The number of carbonyl (C=O) groups excluding carboxylic acids is 2. The molecule has 0 bridgehead atoms. The van der Waals surface area contributed by atoms with Gasteiger partial charge in [-0.3, -0.25) is 9.59 Å². The van der Waals surface area contributed by atoms with Gasteiger partial charge in [0.1, 0.15) is 0 Å². The van der Waals surface area contributed by atoms with E-state index in [1.54, 1.807) is 6.20 Å². The number of anilines is 1. The minimum Gasteiger partial charge on any atom is -0.328 e. The van der Waals surface area contributed by atoms with Crippen LogP contribution in [0.5, 0.6) is 0 Å². The van der Waals surface area contributed by atoms with Gasteiger partial charge < -0.3 is 14.8 Å². The standard InChI is InChI=1S/C20H22N6O2S2/c1-13-5-3-6-14(11-13)18(28)26-9-4-7-15(26)17-23-24-20(25(17)2)30-12-16(27)22-19-21-8-10-29-19/h3,5-6,8,10-11,15H,4,7,9,12H2,1-2H3,(H,21,22,27). The lowest BCUT2D eigenvalue weighted by Gasteiger charge is -2.24. The van der Waals surface area contributed by atoms with Gasteiger partial charge in [-0.1, -0.05) is 29.5 Å². The maximum atomic E-state index is 13.1. The van der Waals surface area contributed by atoms with Crippen LogP contribution in [0, 0.1) is 6.92 Å². The number of nitrogens with zero attached hydrogens (tertiary/aromatic N) is 5. The highest BCUT2D eigenvalue weighted by molar-refractivity contribution is 7.99. The molecule has 4 rings (SSSR count). The summed E-state index contributed by atoms with van der Waals surface area (Å²) in [7, 11) is 1.88. The third-order valence-corrected chi connectivity index (χ3v) is 6.67. The molecule has 0 aliphatic carbocycles. The third kappa shape index (κ3) is 4.39. The highest BCUT2D eigenvalue weighted by atomic mass is 32.2. The number of nitrogens with one attached hydrogen (secondary N) is 1. The molecule has 1 atom stereocenters. The molecular formula is C20H22N6O2S2. The highest BCUT2D eigenvalue weighted by Gasteiger charge is 2.34. The van der Waals surface area contributed by atoms with Crippen molar-refractivity contribution in [3.8, 4) is 0 Å². The van der Waals surface area contributed by atoms with E-state index in [1.165, 1.54) is 23.1 Å². The summed E-state index contributed by atoms with van der Waals surface area (Å²) in [6.07, 6.45) is 3.42. The lowest BCUT2D eigenvalue weighted by Crippen LogP contribution is -2.32. The van der Waals surface area contributed by atoms with Gasteiger partial charge in [-0.15, -0.1) is 21.5 Å². The van der Waals surface area contributed by atoms with Gasteiger partial charge in [0.05, 0.1) is 11.8 Å². The Kier molecular flexibility index (Phi) is 6.14. The molecule has 1 aliphatic heterocycles. The molecule has 0 radical (unpaired) electrons. The number of aromatic nitrogens is 4. The number of thiazole rings is 1. The normalized spacial score (nSPS) is 16.1. The van der Waals surface area contributed by atoms with E-state index in [2.05, 4.69) is 20.5 Å². The summed E-state index contributed by atoms with van der Waals surface area (Å²) in [6, 6.07) is 7.53. The molecule has 1 unspecified atom stereocenters. The van der Waals surface area contributed by atoms with Crippen molar-refractivity contribution in [1.82, 2.24) is 24.6 Å². The van der Waals surface area contributed by atoms with Gasteiger partial charge in [-0.05, 0) is 31.9 Å². The largest absolute Gasteiger partial charge is 0.328 e. The van der Waals surface area contributed by atoms with Crippen LogP contribution in [0.3, 0.4) is 0 Å². The summed E-state index contributed by atoms with van der Waals surface area (Å²) in [5, 5.41) is 14.4. The zero-order chi connectivity index (χ0) is 21.1. The molecule has 1 aromatic carbocycles. The first-order chi connectivity index (χ1) is 14.5. The van der Waals surface area contributed by atoms with Crippen LogP contribution in [-0.4, -0.2) is 48.8 Å². The van der Waals surface area contributed by atoms with E-state index in [1.807, 2.05) is 53.1 Å². The highest BCUT2D eigenvalue weighted by Crippen LogP contribution is 2.33. The molecule has 10 heteroatoms. The molecule has 1 N–H and O–H groups in total. The number of carbonyl (C=O) groups is 2. The lowest BCUT2D eigenvalue weighted by molar-refractivity contribution is -0.113. The van der Waals surface area contributed by atoms with Crippen LogP contribution < -0.4 is 5.32 Å². The molecule has 3 heterocycles. The predicted octanol–water partition coefficient (Wildman–Crippen LogP) is 3.29. The Morgan fingerprint density at radius 2 is 2.20 bits per heavy atom. The summed E-state index contributed by atoms with van der Waals surface area (Å²) in [4.78, 5) is 31.1. The van der Waals surface area contributed by atoms with Crippen LogP contribution in [0.1, 0.15) is 40.6 Å². The van der Waals surface area contributed by atoms with Gasteiger partial charge in [0.2, 0.25) is 5.91 Å². The first-order valence-corrected chi connectivity index (χ1v) is 11.5. The Labute approximate surface area is 182 Å². The number of benzene rings is 1. The minimum atomic E-state index is -0.142. The quantitative estimate of drug-likeness (QED) is 0.589. The second-order valence-electron chi connectivity index (χ2n) is 7.10. The van der Waals surface area contributed by atoms with Crippen LogP contribution in [0.2, 0.25) is 0 Å². The van der Waals surface area contributed by atoms with Gasteiger partial charge in [0.15, 0.2) is 16.1 Å². The van der Waals surface area contributed by atoms with Crippen LogP contribution >= 0.6 is 23.1 Å². The van der Waals surface area contributed by atoms with Crippen LogP contribution in [0.25, 0.3) is 0 Å². The Morgan fingerprint density at radius 1 is 1.33 bits per heavy atom. The average Bonchev–Trinajstić information content (AvgIpc) is 3.47. The molecule has 30 heavy (non-hydrogen) atoms. The lowest BCUT2D eigenvalue weighted by atomic mass is 10.1. The van der Waals surface area contributed by atoms with Gasteiger partial charge >= 0.3 is 0 Å². The van der Waals surface area contributed by atoms with Gasteiger partial charge in [-0.2, -0.15) is 0 Å². The molecule has 2 aromatic heterocycles. The molecule has 1 aliphatic rings. The van der Waals surface area contributed by atoms with Crippen molar-refractivity contribution in [2.45, 2.75) is 31.0 Å². The number of aryl methyl sites for hydroxylation is 1. The summed E-state index contributed by atoms with van der Waals surface area (Å²) in [6.45, 7) is 2.68. The fourth-order valence-corrected chi connectivity index (χ4v) is 4.80. The number of rotatable bonds is 6. The van der Waals surface area contributed by atoms with Crippen LogP contribution in [-0.2, 0) is 11.8 Å². The van der Waals surface area contributed by atoms with Crippen molar-refractivity contribution >= 4 is 40.0 Å². The van der Waals surface area contributed by atoms with E-state index in [9.17, 15) is 9.59 Å². The zero-order valence-electron chi connectivity index (χ0n) is 16.7. The van der Waals surface area contributed by atoms with Crippen molar-refractivity contribution in [2.75, 3.05) is 17.6 Å². The molecule has 0 spiro atoms. The smallest absolute Gasteiger partial charge is 0.254 e. The van der Waals surface area contributed by atoms with E-state index >= 15 is 0 Å². The zero-order valence-corrected chi connectivity index (χ0v) is 18.4. The van der Waals surface area contributed by atoms with Crippen molar-refractivity contribution in [2.24, 2.45) is 7.05 Å². The fraction of sp³-hybridized carbons (Fsp3) is 0.350. The Bertz CT molecular complexity index is 1050. The summed E-state index contributed by atoms with van der Waals surface area (Å²) < 4.78 is 1.88. The first-order valence-electron chi connectivity index (χ1n) is 9.62. The molecule has 2 amide bonds. The molecule has 0 saturated carbocycles. The monoisotopic (exact) mass is 442 g/mol. The van der Waals surface area contributed by atoms with Crippen molar-refractivity contribution in [3.63, 3.8) is 0 Å². The van der Waals surface area contributed by atoms with Crippen molar-refractivity contribution in [1.29, 1.82) is 0 Å². The molecule has 8 nitrogen and oxygen atoms in total. The fourth-order valence-electron chi connectivity index (χ4n) is 3.53. The maximum absolute atomic E-state index is 13.1. The van der Waals surface area contributed by atoms with Gasteiger partial charge in [0.25, 0.3) is 5.91 Å². The average molecular weight is 443 g/mol. The van der Waals surface area contributed by atoms with Gasteiger partial charge in [-0.25, -0.2) is 4.98 Å². The second kappa shape index (κ2) is 8.97. The van der Waals surface area contributed by atoms with E-state index in [0.717, 1.165) is 24.2 Å². The van der Waals surface area contributed by atoms with Crippen molar-refractivity contribution in [3.05, 3.63) is 52.8 Å². The number of likely N-dealkylation sites (tertiary alicyclic amines) is 1. The molecule has 1 saturated heterocycles. The molecule has 156 valence electrons. The number of thioether (sulfide) groups is 1. The molecule has 1 fully saturated rings. The Morgan fingerprint density at radius 3 is 2.97 bits per heavy atom. The third-order valence-electron chi connectivity index (χ3n) is 4.96. The molecule has 3 aromatic rings. The topological polar surface area (TPSA) is 93.0 Å². The second-order valence-corrected chi connectivity index (χ2v) is 8.94. The minimum absolute atomic E-state index is 0.0150. The Hall–Kier alpha value is -2.72. The maximum Gasteiger partial charge on any atom is 0.254 e. The van der Waals surface area contributed by atoms with Gasteiger partial charge in [0, 0.05) is 30.7 Å². The van der Waals surface area contributed by atoms with Crippen LogP contribution in [0.4, 0.5) is 5.13 Å². The van der Waals surface area contributed by atoms with E-state index in [0.29, 0.717) is 22.4 Å². The molecular weight excluding hydrogens is 420 g/mol. The summed E-state index contributed by atoms with van der Waals surface area (Å²) >= 11 is 2.69. The number of hydrogen-bond acceptors (Lipinski definition) is 7. The van der Waals surface area contributed by atoms with E-state index in [-0.39, 0.29) is 23.6 Å². The number of amides is 2. The van der Waals surface area contributed by atoms with Crippen LogP contribution in [0.15, 0.2) is 41.0 Å². The SMILES string of the molecule is Cc1cccc(C(=O)N2CCCC2c2nnc(SCC(=O)Nc3nccs3)n2C)c1. The predicted molar refractivity (Wildman–Crippen MR) is 117 cm³/mol. The number of hydrogen-bond donors (Lipinski definition) is 1. The Balaban J connectivity index is 1.44. The summed E-state index contributed by atoms with van der Waals surface area (Å²) in [5.74, 6) is 0.830. The van der Waals surface area contributed by atoms with Crippen molar-refractivity contribution < 1.29 is 9.59 Å². The first kappa shape index (κ1) is 20.5. The van der Waals surface area contributed by atoms with E-state index in [4.69, 9.17) is 0 Å². The summed E-state index contributed by atoms with van der Waals surface area (Å²) in [5.41, 5.74) is 1.75. The van der Waals surface area contributed by atoms with E-state index < -0.39 is 0 Å².